The quantitative estimate of drug-likeness (QED) is 0.373. The lowest BCUT2D eigenvalue weighted by atomic mass is 9.82. The van der Waals surface area contributed by atoms with Crippen LogP contribution < -0.4 is 16.2 Å². The van der Waals surface area contributed by atoms with E-state index in [1.54, 1.807) is 0 Å². The zero-order valence-corrected chi connectivity index (χ0v) is 14.3. The van der Waals surface area contributed by atoms with Crippen LogP contribution in [0.4, 0.5) is 0 Å². The number of aryl methyl sites for hydroxylation is 1. The number of carbonyl (C=O) groups excluding carboxylic acids is 1. The highest BCUT2D eigenvalue weighted by Gasteiger charge is 2.27. The molecular formula is C17H26ClN3O2. The van der Waals surface area contributed by atoms with Crippen LogP contribution in [0.3, 0.4) is 0 Å². The Kier molecular flexibility index (Phi) is 7.89. The summed E-state index contributed by atoms with van der Waals surface area (Å²) in [4.78, 5) is 16.3. The molecule has 1 aliphatic carbocycles. The van der Waals surface area contributed by atoms with Crippen LogP contribution in [0.5, 0.6) is 5.75 Å². The molecule has 0 radical (unpaired) electrons. The average Bonchev–Trinajstić information content (AvgIpc) is 2.54. The van der Waals surface area contributed by atoms with Gasteiger partial charge in [-0.05, 0) is 55.7 Å². The van der Waals surface area contributed by atoms with Gasteiger partial charge in [0, 0.05) is 6.54 Å². The van der Waals surface area contributed by atoms with Gasteiger partial charge < -0.3 is 16.2 Å². The van der Waals surface area contributed by atoms with Crippen molar-refractivity contribution in [2.24, 2.45) is 28.3 Å². The van der Waals surface area contributed by atoms with Crippen LogP contribution in [0.2, 0.25) is 0 Å². The summed E-state index contributed by atoms with van der Waals surface area (Å²) in [6.45, 7) is 2.75. The number of benzene rings is 1. The molecule has 1 aliphatic rings. The first-order valence-corrected chi connectivity index (χ1v) is 7.94. The van der Waals surface area contributed by atoms with Gasteiger partial charge in [-0.2, -0.15) is 0 Å². The monoisotopic (exact) mass is 339 g/mol. The van der Waals surface area contributed by atoms with Gasteiger partial charge in [-0.3, -0.25) is 9.79 Å². The van der Waals surface area contributed by atoms with Crippen LogP contribution in [0.1, 0.15) is 38.2 Å². The molecule has 0 unspecified atom stereocenters. The molecule has 1 saturated carbocycles. The van der Waals surface area contributed by atoms with Crippen LogP contribution in [0.15, 0.2) is 29.3 Å². The van der Waals surface area contributed by atoms with E-state index in [1.807, 2.05) is 24.3 Å². The smallest absolute Gasteiger partial charge is 0.314 e. The maximum Gasteiger partial charge on any atom is 0.314 e. The molecule has 5 nitrogen and oxygen atoms in total. The summed E-state index contributed by atoms with van der Waals surface area (Å²) in [7, 11) is 0. The summed E-state index contributed by atoms with van der Waals surface area (Å²) in [6.07, 6.45) is 4.59. The minimum atomic E-state index is -0.121. The Bertz CT molecular complexity index is 519. The van der Waals surface area contributed by atoms with Crippen molar-refractivity contribution in [2.45, 2.75) is 39.0 Å². The van der Waals surface area contributed by atoms with Crippen LogP contribution in [0.25, 0.3) is 0 Å². The fourth-order valence-electron chi connectivity index (χ4n) is 2.81. The van der Waals surface area contributed by atoms with E-state index in [2.05, 4.69) is 11.9 Å². The van der Waals surface area contributed by atoms with Gasteiger partial charge in [0.1, 0.15) is 5.75 Å². The minimum Gasteiger partial charge on any atom is -0.426 e. The highest BCUT2D eigenvalue weighted by Crippen LogP contribution is 2.30. The molecule has 4 N–H and O–H groups in total. The molecule has 1 aromatic rings. The van der Waals surface area contributed by atoms with E-state index in [9.17, 15) is 4.79 Å². The lowest BCUT2D eigenvalue weighted by molar-refractivity contribution is -0.140. The van der Waals surface area contributed by atoms with Gasteiger partial charge in [0.25, 0.3) is 0 Å². The van der Waals surface area contributed by atoms with Crippen LogP contribution in [-0.4, -0.2) is 18.5 Å². The summed E-state index contributed by atoms with van der Waals surface area (Å²) in [5.41, 5.74) is 11.9. The van der Waals surface area contributed by atoms with Crippen molar-refractivity contribution in [3.8, 4) is 5.75 Å². The largest absolute Gasteiger partial charge is 0.426 e. The van der Waals surface area contributed by atoms with Gasteiger partial charge in [-0.15, -0.1) is 12.4 Å². The lowest BCUT2D eigenvalue weighted by Crippen LogP contribution is -2.28. The predicted octanol–water partition coefficient (Wildman–Crippen LogP) is 2.66. The Morgan fingerprint density at radius 2 is 1.78 bits per heavy atom. The topological polar surface area (TPSA) is 90.7 Å². The first-order valence-electron chi connectivity index (χ1n) is 7.94. The van der Waals surface area contributed by atoms with Crippen LogP contribution in [0, 0.1) is 11.8 Å². The highest BCUT2D eigenvalue weighted by atomic mass is 35.5. The van der Waals surface area contributed by atoms with E-state index in [4.69, 9.17) is 16.2 Å². The van der Waals surface area contributed by atoms with Gasteiger partial charge >= 0.3 is 5.97 Å². The highest BCUT2D eigenvalue weighted by molar-refractivity contribution is 5.85. The number of hydrogen-bond acceptors (Lipinski definition) is 3. The van der Waals surface area contributed by atoms with E-state index < -0.39 is 0 Å². The van der Waals surface area contributed by atoms with Crippen molar-refractivity contribution in [3.63, 3.8) is 0 Å². The fraction of sp³-hybridized carbons (Fsp3) is 0.529. The van der Waals surface area contributed by atoms with Crippen molar-refractivity contribution >= 4 is 24.3 Å². The maximum atomic E-state index is 12.2. The number of nitrogens with zero attached hydrogens (tertiary/aromatic N) is 1. The molecule has 0 aliphatic heterocycles. The minimum absolute atomic E-state index is 0. The van der Waals surface area contributed by atoms with Gasteiger partial charge in [-0.25, -0.2) is 0 Å². The van der Waals surface area contributed by atoms with Gasteiger partial charge in [0.05, 0.1) is 5.92 Å². The molecule has 2 rings (SSSR count). The molecule has 0 spiro atoms. The normalized spacial score (nSPS) is 20.2. The van der Waals surface area contributed by atoms with E-state index in [-0.39, 0.29) is 30.3 Å². The number of halogens is 1. The average molecular weight is 340 g/mol. The summed E-state index contributed by atoms with van der Waals surface area (Å²) in [5, 5.41) is 0. The number of rotatable bonds is 5. The molecule has 0 heterocycles. The molecule has 6 heteroatoms. The molecule has 23 heavy (non-hydrogen) atoms. The Balaban J connectivity index is 0.00000264. The summed E-state index contributed by atoms with van der Waals surface area (Å²) < 4.78 is 5.48. The van der Waals surface area contributed by atoms with E-state index in [1.165, 1.54) is 5.56 Å². The summed E-state index contributed by atoms with van der Waals surface area (Å²) >= 11 is 0. The molecular weight excluding hydrogens is 314 g/mol. The molecule has 128 valence electrons. The number of ether oxygens (including phenoxy) is 1. The lowest BCUT2D eigenvalue weighted by Gasteiger charge is -2.26. The Labute approximate surface area is 143 Å². The van der Waals surface area contributed by atoms with Crippen molar-refractivity contribution in [1.29, 1.82) is 0 Å². The van der Waals surface area contributed by atoms with Gasteiger partial charge in [0.15, 0.2) is 5.96 Å². The zero-order chi connectivity index (χ0) is 15.9. The number of carbonyl (C=O) groups is 1. The van der Waals surface area contributed by atoms with Crippen molar-refractivity contribution in [2.75, 3.05) is 6.54 Å². The van der Waals surface area contributed by atoms with Crippen LogP contribution >= 0.6 is 12.4 Å². The van der Waals surface area contributed by atoms with Gasteiger partial charge in [0.2, 0.25) is 0 Å². The molecule has 1 aromatic carbocycles. The van der Waals surface area contributed by atoms with E-state index in [0.717, 1.165) is 32.1 Å². The second-order valence-electron chi connectivity index (χ2n) is 5.90. The Hall–Kier alpha value is -1.75. The Morgan fingerprint density at radius 1 is 1.17 bits per heavy atom. The first-order chi connectivity index (χ1) is 10.6. The molecule has 0 saturated heterocycles. The first kappa shape index (κ1) is 19.3. The van der Waals surface area contributed by atoms with Crippen LogP contribution in [-0.2, 0) is 11.2 Å². The molecule has 0 aromatic heterocycles. The third kappa shape index (κ3) is 6.10. The second kappa shape index (κ2) is 9.40. The molecule has 0 amide bonds. The van der Waals surface area contributed by atoms with E-state index in [0.29, 0.717) is 18.2 Å². The van der Waals surface area contributed by atoms with Crippen molar-refractivity contribution in [1.82, 2.24) is 0 Å². The van der Waals surface area contributed by atoms with Crippen molar-refractivity contribution < 1.29 is 9.53 Å². The fourth-order valence-corrected chi connectivity index (χ4v) is 2.81. The summed E-state index contributed by atoms with van der Waals surface area (Å²) in [5.74, 6) is 1.10. The number of hydrogen-bond donors (Lipinski definition) is 2. The number of esters is 1. The third-order valence-corrected chi connectivity index (χ3v) is 4.26. The Morgan fingerprint density at radius 3 is 2.30 bits per heavy atom. The zero-order valence-electron chi connectivity index (χ0n) is 13.5. The van der Waals surface area contributed by atoms with Crippen molar-refractivity contribution in [3.05, 3.63) is 29.8 Å². The molecule has 0 atom stereocenters. The molecule has 1 fully saturated rings. The molecule has 0 bridgehead atoms. The third-order valence-electron chi connectivity index (χ3n) is 4.26. The van der Waals surface area contributed by atoms with E-state index >= 15 is 0 Å². The maximum absolute atomic E-state index is 12.2. The second-order valence-corrected chi connectivity index (χ2v) is 5.90. The predicted molar refractivity (Wildman–Crippen MR) is 94.8 cm³/mol. The SMILES string of the molecule is CCc1ccc(OC(=O)C2CCC(CN=C(N)N)CC2)cc1.Cl. The number of aliphatic imine (C=N–C) groups is 1. The summed E-state index contributed by atoms with van der Waals surface area (Å²) in [6, 6.07) is 7.71. The number of nitrogens with two attached hydrogens (primary N) is 2. The van der Waals surface area contributed by atoms with Gasteiger partial charge in [-0.1, -0.05) is 19.1 Å². The standard InChI is InChI=1S/C17H25N3O2.ClH/c1-2-12-5-9-15(10-6-12)22-16(21)14-7-3-13(4-8-14)11-20-17(18)19;/h5-6,9-10,13-14H,2-4,7-8,11H2,1H3,(H4,18,19,20);1H. The number of guanidine groups is 1.